The summed E-state index contributed by atoms with van der Waals surface area (Å²) >= 11 is 12.2. The van der Waals surface area contributed by atoms with E-state index < -0.39 is 0 Å². The van der Waals surface area contributed by atoms with E-state index in [1.807, 2.05) is 37.3 Å². The van der Waals surface area contributed by atoms with Crippen LogP contribution in [0.15, 0.2) is 54.6 Å². The third kappa shape index (κ3) is 4.79. The summed E-state index contributed by atoms with van der Waals surface area (Å²) < 4.78 is 2.15. The summed E-state index contributed by atoms with van der Waals surface area (Å²) in [5.41, 5.74) is 4.45. The number of aryl methyl sites for hydroxylation is 2. The number of pyridine rings is 1. The number of anilines is 1. The highest BCUT2D eigenvalue weighted by Crippen LogP contribution is 2.25. The zero-order chi connectivity index (χ0) is 22.7. The first-order valence-corrected chi connectivity index (χ1v) is 11.4. The molecule has 0 spiro atoms. The minimum atomic E-state index is -0.272. The standard InChI is InChI=1S/C25H24Cl2N4O/c1-3-4-9-23-29-22-14-21(30-25(32)19-7-5-6-8-20(19)27)16(2)28-24(22)31(23)15-17-10-12-18(26)13-11-17/h5-8,10-14H,3-4,9,15H2,1-2H3,(H,30,32). The number of nitrogens with one attached hydrogen (secondary N) is 1. The molecule has 32 heavy (non-hydrogen) atoms. The van der Waals surface area contributed by atoms with Crippen molar-refractivity contribution in [2.75, 3.05) is 5.32 Å². The van der Waals surface area contributed by atoms with Gasteiger partial charge in [-0.3, -0.25) is 4.79 Å². The van der Waals surface area contributed by atoms with E-state index in [1.165, 1.54) is 0 Å². The highest BCUT2D eigenvalue weighted by Gasteiger charge is 2.17. The van der Waals surface area contributed by atoms with E-state index in [1.54, 1.807) is 24.3 Å². The van der Waals surface area contributed by atoms with Crippen LogP contribution in [0.5, 0.6) is 0 Å². The number of halogens is 2. The van der Waals surface area contributed by atoms with Gasteiger partial charge in [0.1, 0.15) is 11.3 Å². The molecule has 2 aromatic heterocycles. The van der Waals surface area contributed by atoms with Crippen LogP contribution in [0.4, 0.5) is 5.69 Å². The van der Waals surface area contributed by atoms with Gasteiger partial charge in [-0.1, -0.05) is 60.8 Å². The van der Waals surface area contributed by atoms with E-state index in [0.717, 1.165) is 47.5 Å². The molecule has 0 saturated heterocycles. The molecule has 0 aliphatic carbocycles. The Morgan fingerprint density at radius 3 is 2.53 bits per heavy atom. The molecule has 7 heteroatoms. The second kappa shape index (κ2) is 9.72. The Labute approximate surface area is 197 Å². The molecule has 2 heterocycles. The maximum absolute atomic E-state index is 12.7. The maximum Gasteiger partial charge on any atom is 0.257 e. The number of hydrogen-bond acceptors (Lipinski definition) is 3. The summed E-state index contributed by atoms with van der Waals surface area (Å²) in [6.07, 6.45) is 2.98. The lowest BCUT2D eigenvalue weighted by atomic mass is 10.2. The largest absolute Gasteiger partial charge is 0.320 e. The Balaban J connectivity index is 1.70. The summed E-state index contributed by atoms with van der Waals surface area (Å²) in [5.74, 6) is 0.713. The average molecular weight is 467 g/mol. The fourth-order valence-electron chi connectivity index (χ4n) is 3.61. The number of benzene rings is 2. The Bertz CT molecular complexity index is 1270. The van der Waals surface area contributed by atoms with Crippen molar-refractivity contribution in [1.29, 1.82) is 0 Å². The third-order valence-corrected chi connectivity index (χ3v) is 5.95. The molecule has 0 bridgehead atoms. The zero-order valence-corrected chi connectivity index (χ0v) is 19.5. The molecule has 0 aliphatic rings. The van der Waals surface area contributed by atoms with Crippen LogP contribution in [0.25, 0.3) is 11.2 Å². The van der Waals surface area contributed by atoms with Gasteiger partial charge >= 0.3 is 0 Å². The van der Waals surface area contributed by atoms with Gasteiger partial charge in [-0.2, -0.15) is 0 Å². The number of unbranched alkanes of at least 4 members (excludes halogenated alkanes) is 1. The van der Waals surface area contributed by atoms with E-state index in [2.05, 4.69) is 16.8 Å². The number of aromatic nitrogens is 3. The van der Waals surface area contributed by atoms with Crippen LogP contribution in [0, 0.1) is 6.92 Å². The Hall–Kier alpha value is -2.89. The van der Waals surface area contributed by atoms with Crippen molar-refractivity contribution < 1.29 is 4.79 Å². The summed E-state index contributed by atoms with van der Waals surface area (Å²) in [6.45, 7) is 4.70. The van der Waals surface area contributed by atoms with E-state index in [-0.39, 0.29) is 5.91 Å². The van der Waals surface area contributed by atoms with Gasteiger partial charge in [0.25, 0.3) is 5.91 Å². The molecule has 4 aromatic rings. The summed E-state index contributed by atoms with van der Waals surface area (Å²) in [5, 5.41) is 4.06. The van der Waals surface area contributed by atoms with Gasteiger partial charge in [0, 0.05) is 11.4 Å². The molecule has 5 nitrogen and oxygen atoms in total. The smallest absolute Gasteiger partial charge is 0.257 e. The van der Waals surface area contributed by atoms with Gasteiger partial charge in [0.05, 0.1) is 28.5 Å². The number of rotatable bonds is 7. The number of hydrogen-bond donors (Lipinski definition) is 1. The fraction of sp³-hybridized carbons (Fsp3) is 0.240. The summed E-state index contributed by atoms with van der Waals surface area (Å²) in [4.78, 5) is 22.4. The molecule has 4 rings (SSSR count). The van der Waals surface area contributed by atoms with Gasteiger partial charge in [0.2, 0.25) is 0 Å². The number of fused-ring (bicyclic) bond motifs is 1. The first-order chi connectivity index (χ1) is 15.5. The molecule has 2 aromatic carbocycles. The molecule has 0 fully saturated rings. The lowest BCUT2D eigenvalue weighted by Gasteiger charge is -2.11. The van der Waals surface area contributed by atoms with Crippen LogP contribution in [0.2, 0.25) is 10.0 Å². The Morgan fingerprint density at radius 2 is 1.81 bits per heavy atom. The molecular weight excluding hydrogens is 443 g/mol. The Kier molecular flexibility index (Phi) is 6.77. The van der Waals surface area contributed by atoms with Gasteiger partial charge in [-0.05, 0) is 49.2 Å². The predicted molar refractivity (Wildman–Crippen MR) is 131 cm³/mol. The number of imidazole rings is 1. The number of carbonyl (C=O) groups excluding carboxylic acids is 1. The lowest BCUT2D eigenvalue weighted by molar-refractivity contribution is 0.102. The van der Waals surface area contributed by atoms with Crippen molar-refractivity contribution in [3.8, 4) is 0 Å². The van der Waals surface area contributed by atoms with Crippen LogP contribution in [0.1, 0.15) is 47.2 Å². The van der Waals surface area contributed by atoms with Crippen LogP contribution in [-0.4, -0.2) is 20.4 Å². The van der Waals surface area contributed by atoms with Crippen molar-refractivity contribution in [3.05, 3.63) is 87.3 Å². The average Bonchev–Trinajstić information content (AvgIpc) is 3.10. The molecule has 0 atom stereocenters. The van der Waals surface area contributed by atoms with Crippen molar-refractivity contribution in [1.82, 2.24) is 14.5 Å². The van der Waals surface area contributed by atoms with Crippen molar-refractivity contribution in [2.45, 2.75) is 39.7 Å². The van der Waals surface area contributed by atoms with E-state index >= 15 is 0 Å². The lowest BCUT2D eigenvalue weighted by Crippen LogP contribution is -2.14. The highest BCUT2D eigenvalue weighted by atomic mass is 35.5. The minimum Gasteiger partial charge on any atom is -0.320 e. The number of amides is 1. The van der Waals surface area contributed by atoms with E-state index in [4.69, 9.17) is 33.2 Å². The van der Waals surface area contributed by atoms with Crippen molar-refractivity contribution in [2.24, 2.45) is 0 Å². The normalized spacial score (nSPS) is 11.1. The monoisotopic (exact) mass is 466 g/mol. The number of nitrogens with zero attached hydrogens (tertiary/aromatic N) is 3. The first-order valence-electron chi connectivity index (χ1n) is 10.6. The van der Waals surface area contributed by atoms with Gasteiger partial charge in [-0.15, -0.1) is 0 Å². The minimum absolute atomic E-state index is 0.272. The second-order valence-electron chi connectivity index (χ2n) is 7.74. The molecule has 1 amide bonds. The molecule has 0 unspecified atom stereocenters. The van der Waals surface area contributed by atoms with Gasteiger partial charge < -0.3 is 9.88 Å². The topological polar surface area (TPSA) is 59.8 Å². The molecule has 0 radical (unpaired) electrons. The Morgan fingerprint density at radius 1 is 1.06 bits per heavy atom. The molecule has 1 N–H and O–H groups in total. The predicted octanol–water partition coefficient (Wildman–Crippen LogP) is 6.69. The maximum atomic E-state index is 12.7. The molecular formula is C25H24Cl2N4O. The SMILES string of the molecule is CCCCc1nc2cc(NC(=O)c3ccccc3Cl)c(C)nc2n1Cc1ccc(Cl)cc1. The quantitative estimate of drug-likeness (QED) is 0.329. The fourth-order valence-corrected chi connectivity index (χ4v) is 3.96. The van der Waals surface area contributed by atoms with Crippen LogP contribution < -0.4 is 5.32 Å². The summed E-state index contributed by atoms with van der Waals surface area (Å²) in [7, 11) is 0. The zero-order valence-electron chi connectivity index (χ0n) is 18.0. The van der Waals surface area contributed by atoms with Crippen molar-refractivity contribution >= 4 is 46.0 Å². The molecule has 0 saturated carbocycles. The molecule has 164 valence electrons. The second-order valence-corrected chi connectivity index (χ2v) is 8.59. The van der Waals surface area contributed by atoms with E-state index in [9.17, 15) is 4.79 Å². The third-order valence-electron chi connectivity index (χ3n) is 5.36. The van der Waals surface area contributed by atoms with Crippen LogP contribution >= 0.6 is 23.2 Å². The summed E-state index contributed by atoms with van der Waals surface area (Å²) in [6, 6.07) is 16.7. The number of carbonyl (C=O) groups is 1. The van der Waals surface area contributed by atoms with Crippen LogP contribution in [-0.2, 0) is 13.0 Å². The molecule has 0 aliphatic heterocycles. The first kappa shape index (κ1) is 22.3. The highest BCUT2D eigenvalue weighted by molar-refractivity contribution is 6.34. The van der Waals surface area contributed by atoms with Gasteiger partial charge in [-0.25, -0.2) is 9.97 Å². The van der Waals surface area contributed by atoms with Crippen molar-refractivity contribution in [3.63, 3.8) is 0 Å². The van der Waals surface area contributed by atoms with Crippen LogP contribution in [0.3, 0.4) is 0 Å². The van der Waals surface area contributed by atoms with E-state index in [0.29, 0.717) is 27.8 Å². The van der Waals surface area contributed by atoms with Gasteiger partial charge in [0.15, 0.2) is 5.65 Å².